The van der Waals surface area contributed by atoms with Gasteiger partial charge in [0.2, 0.25) is 0 Å². The Labute approximate surface area is 129 Å². The van der Waals surface area contributed by atoms with Gasteiger partial charge in [-0.25, -0.2) is 0 Å². The number of hydrogen-bond acceptors (Lipinski definition) is 2. The van der Waals surface area contributed by atoms with Gasteiger partial charge in [-0.15, -0.1) is 0 Å². The molecule has 0 aromatic heterocycles. The highest BCUT2D eigenvalue weighted by Crippen LogP contribution is 2.37. The molecule has 0 aliphatic carbocycles. The van der Waals surface area contributed by atoms with Crippen molar-refractivity contribution in [2.45, 2.75) is 0 Å². The fourth-order valence-electron chi connectivity index (χ4n) is 2.52. The van der Waals surface area contributed by atoms with Crippen molar-refractivity contribution < 1.29 is 0 Å². The number of piperazine rings is 1. The van der Waals surface area contributed by atoms with Crippen LogP contribution in [0.4, 0.5) is 5.69 Å². The maximum atomic E-state index is 6.46. The van der Waals surface area contributed by atoms with Crippen molar-refractivity contribution in [2.75, 3.05) is 31.1 Å². The molecule has 20 heavy (non-hydrogen) atoms. The Morgan fingerprint density at radius 3 is 2.30 bits per heavy atom. The lowest BCUT2D eigenvalue weighted by atomic mass is 10.0. The smallest absolute Gasteiger partial charge is 0.0646 e. The second kappa shape index (κ2) is 6.04. The van der Waals surface area contributed by atoms with Gasteiger partial charge in [0, 0.05) is 31.7 Å². The minimum absolute atomic E-state index is 0.745. The molecule has 2 aromatic carbocycles. The predicted molar refractivity (Wildman–Crippen MR) is 87.0 cm³/mol. The van der Waals surface area contributed by atoms with E-state index in [0.717, 1.165) is 53.0 Å². The van der Waals surface area contributed by atoms with Crippen LogP contribution in [-0.2, 0) is 0 Å². The summed E-state index contributed by atoms with van der Waals surface area (Å²) in [7, 11) is 0. The van der Waals surface area contributed by atoms with E-state index in [0.29, 0.717) is 0 Å². The zero-order valence-electron chi connectivity index (χ0n) is 11.1. The number of anilines is 1. The van der Waals surface area contributed by atoms with Gasteiger partial charge >= 0.3 is 0 Å². The number of benzene rings is 2. The van der Waals surface area contributed by atoms with Crippen molar-refractivity contribution >= 4 is 28.9 Å². The van der Waals surface area contributed by atoms with Gasteiger partial charge < -0.3 is 10.2 Å². The zero-order chi connectivity index (χ0) is 13.9. The molecule has 1 aliphatic heterocycles. The second-order valence-electron chi connectivity index (χ2n) is 4.89. The van der Waals surface area contributed by atoms with Gasteiger partial charge in [-0.2, -0.15) is 0 Å². The molecule has 2 nitrogen and oxygen atoms in total. The molecule has 1 saturated heterocycles. The van der Waals surface area contributed by atoms with E-state index in [2.05, 4.69) is 10.2 Å². The first-order chi connectivity index (χ1) is 9.75. The van der Waals surface area contributed by atoms with E-state index in [9.17, 15) is 0 Å². The summed E-state index contributed by atoms with van der Waals surface area (Å²) in [5.41, 5.74) is 3.10. The van der Waals surface area contributed by atoms with Gasteiger partial charge in [0.25, 0.3) is 0 Å². The van der Waals surface area contributed by atoms with Gasteiger partial charge in [0.05, 0.1) is 15.7 Å². The molecule has 104 valence electrons. The summed E-state index contributed by atoms with van der Waals surface area (Å²) < 4.78 is 0. The number of nitrogens with zero attached hydrogens (tertiary/aromatic N) is 1. The first-order valence-electron chi connectivity index (χ1n) is 6.76. The molecule has 0 saturated carbocycles. The minimum atomic E-state index is 0.745. The van der Waals surface area contributed by atoms with Crippen molar-refractivity contribution in [3.05, 3.63) is 52.5 Å². The van der Waals surface area contributed by atoms with Crippen LogP contribution < -0.4 is 10.2 Å². The summed E-state index contributed by atoms with van der Waals surface area (Å²) in [6.45, 7) is 3.88. The zero-order valence-corrected chi connectivity index (χ0v) is 12.6. The number of rotatable bonds is 2. The largest absolute Gasteiger partial charge is 0.368 e. The van der Waals surface area contributed by atoms with Crippen molar-refractivity contribution in [3.63, 3.8) is 0 Å². The summed E-state index contributed by atoms with van der Waals surface area (Å²) in [5, 5.41) is 4.84. The summed E-state index contributed by atoms with van der Waals surface area (Å²) in [5.74, 6) is 0. The fraction of sp³-hybridized carbons (Fsp3) is 0.250. The van der Waals surface area contributed by atoms with Crippen LogP contribution in [0.15, 0.2) is 42.5 Å². The Hall–Kier alpha value is -1.22. The van der Waals surface area contributed by atoms with E-state index in [1.165, 1.54) is 0 Å². The standard InChI is InChI=1S/C16H16Cl2N2/c17-14-11-16(20-8-6-19-7-9-20)15(18)10-13(14)12-4-2-1-3-5-12/h1-5,10-11,19H,6-9H2. The number of halogens is 2. The molecule has 1 aliphatic rings. The Balaban J connectivity index is 1.98. The minimum Gasteiger partial charge on any atom is -0.368 e. The Morgan fingerprint density at radius 2 is 1.60 bits per heavy atom. The third-order valence-electron chi connectivity index (χ3n) is 3.58. The SMILES string of the molecule is Clc1cc(N2CCNCC2)c(Cl)cc1-c1ccccc1. The van der Waals surface area contributed by atoms with Crippen LogP contribution in [0, 0.1) is 0 Å². The van der Waals surface area contributed by atoms with Crippen LogP contribution in [0.3, 0.4) is 0 Å². The van der Waals surface area contributed by atoms with Crippen molar-refractivity contribution in [1.29, 1.82) is 0 Å². The monoisotopic (exact) mass is 306 g/mol. The van der Waals surface area contributed by atoms with Crippen LogP contribution in [0.1, 0.15) is 0 Å². The van der Waals surface area contributed by atoms with Crippen molar-refractivity contribution in [2.24, 2.45) is 0 Å². The highest BCUT2D eigenvalue weighted by atomic mass is 35.5. The van der Waals surface area contributed by atoms with E-state index in [-0.39, 0.29) is 0 Å². The van der Waals surface area contributed by atoms with Crippen LogP contribution in [0.25, 0.3) is 11.1 Å². The van der Waals surface area contributed by atoms with Crippen LogP contribution >= 0.6 is 23.2 Å². The maximum absolute atomic E-state index is 6.46. The highest BCUT2D eigenvalue weighted by molar-refractivity contribution is 6.37. The molecule has 1 fully saturated rings. The molecule has 0 unspecified atom stereocenters. The van der Waals surface area contributed by atoms with Gasteiger partial charge in [-0.1, -0.05) is 53.5 Å². The van der Waals surface area contributed by atoms with Crippen molar-refractivity contribution in [3.8, 4) is 11.1 Å². The topological polar surface area (TPSA) is 15.3 Å². The van der Waals surface area contributed by atoms with E-state index in [4.69, 9.17) is 23.2 Å². The molecule has 0 atom stereocenters. The van der Waals surface area contributed by atoms with Gasteiger partial charge in [0.1, 0.15) is 0 Å². The molecular formula is C16H16Cl2N2. The van der Waals surface area contributed by atoms with Crippen LogP contribution in [0.2, 0.25) is 10.0 Å². The highest BCUT2D eigenvalue weighted by Gasteiger charge is 2.16. The Kier molecular flexibility index (Phi) is 4.16. The predicted octanol–water partition coefficient (Wildman–Crippen LogP) is 4.07. The summed E-state index contributed by atoms with van der Waals surface area (Å²) in [6.07, 6.45) is 0. The van der Waals surface area contributed by atoms with E-state index >= 15 is 0 Å². The molecule has 3 rings (SSSR count). The third-order valence-corrected chi connectivity index (χ3v) is 4.19. The lowest BCUT2D eigenvalue weighted by molar-refractivity contribution is 0.589. The summed E-state index contributed by atoms with van der Waals surface area (Å²) in [6, 6.07) is 14.0. The Morgan fingerprint density at radius 1 is 0.900 bits per heavy atom. The molecule has 0 radical (unpaired) electrons. The van der Waals surface area contributed by atoms with Gasteiger partial charge in [-0.3, -0.25) is 0 Å². The quantitative estimate of drug-likeness (QED) is 0.899. The molecule has 1 heterocycles. The average molecular weight is 307 g/mol. The maximum Gasteiger partial charge on any atom is 0.0646 e. The molecule has 1 N–H and O–H groups in total. The normalized spacial score (nSPS) is 15.4. The first-order valence-corrected chi connectivity index (χ1v) is 7.51. The lowest BCUT2D eigenvalue weighted by Gasteiger charge is -2.30. The van der Waals surface area contributed by atoms with Gasteiger partial charge in [0.15, 0.2) is 0 Å². The summed E-state index contributed by atoms with van der Waals surface area (Å²) >= 11 is 12.9. The van der Waals surface area contributed by atoms with Crippen molar-refractivity contribution in [1.82, 2.24) is 5.32 Å². The second-order valence-corrected chi connectivity index (χ2v) is 5.70. The summed E-state index contributed by atoms with van der Waals surface area (Å²) in [4.78, 5) is 2.28. The molecule has 2 aromatic rings. The average Bonchev–Trinajstić information content (AvgIpc) is 2.51. The van der Waals surface area contributed by atoms with E-state index in [1.54, 1.807) is 0 Å². The number of nitrogens with one attached hydrogen (secondary N) is 1. The molecule has 0 spiro atoms. The first kappa shape index (κ1) is 13.7. The number of hydrogen-bond donors (Lipinski definition) is 1. The molecule has 0 amide bonds. The third kappa shape index (κ3) is 2.78. The Bertz CT molecular complexity index is 593. The lowest BCUT2D eigenvalue weighted by Crippen LogP contribution is -2.43. The molecule has 4 heteroatoms. The fourth-order valence-corrected chi connectivity index (χ4v) is 3.07. The van der Waals surface area contributed by atoms with E-state index < -0.39 is 0 Å². The van der Waals surface area contributed by atoms with Crippen LogP contribution in [0.5, 0.6) is 0 Å². The molecule has 0 bridgehead atoms. The molecular weight excluding hydrogens is 291 g/mol. The van der Waals surface area contributed by atoms with Gasteiger partial charge in [-0.05, 0) is 17.7 Å². The van der Waals surface area contributed by atoms with Crippen LogP contribution in [-0.4, -0.2) is 26.2 Å². The van der Waals surface area contributed by atoms with E-state index in [1.807, 2.05) is 42.5 Å².